The second-order valence-corrected chi connectivity index (χ2v) is 0. The Labute approximate surface area is 69.1 Å². The second-order valence-electron chi connectivity index (χ2n) is 0. The van der Waals surface area contributed by atoms with Gasteiger partial charge in [0.05, 0.1) is 0 Å². The summed E-state index contributed by atoms with van der Waals surface area (Å²) in [7, 11) is 0. The van der Waals surface area contributed by atoms with Gasteiger partial charge in [-0.05, 0) is 0 Å². The van der Waals surface area contributed by atoms with Crippen LogP contribution >= 0.6 is 0 Å². The fraction of sp³-hybridized carbons (Fsp3) is 0. The maximum atomic E-state index is 7.88. The zero-order valence-electron chi connectivity index (χ0n) is 2.17. The standard InChI is InChI=1S/Ni.H2O.O.Sr.H/h;1H2;;;/q;;;+1;/p-1. The van der Waals surface area contributed by atoms with Gasteiger partial charge in [0.1, 0.15) is 0 Å². The molecule has 0 bridgehead atoms. The van der Waals surface area contributed by atoms with E-state index in [1.54, 1.807) is 0 Å². The van der Waals surface area contributed by atoms with E-state index >= 15 is 0 Å². The van der Waals surface area contributed by atoms with E-state index in [0.29, 0.717) is 0 Å². The Hall–Kier alpha value is 1.73. The van der Waals surface area contributed by atoms with E-state index in [2.05, 4.69) is 15.4 Å². The molecular weight excluding hydrogens is 178 g/mol. The topological polar surface area (TPSA) is 47.1 Å². The second kappa shape index (κ2) is 22.0. The van der Waals surface area contributed by atoms with Crippen LogP contribution in [0.3, 0.4) is 0 Å². The summed E-state index contributed by atoms with van der Waals surface area (Å²) in [6.07, 6.45) is 0. The van der Waals surface area contributed by atoms with Crippen molar-refractivity contribution in [2.75, 3.05) is 0 Å². The van der Waals surface area contributed by atoms with Crippen molar-refractivity contribution in [3.05, 3.63) is 0 Å². The van der Waals surface area contributed by atoms with Crippen LogP contribution in [0.4, 0.5) is 0 Å². The van der Waals surface area contributed by atoms with Crippen LogP contribution < -0.4 is 0 Å². The monoisotopic (exact) mass is 180 g/mol. The molecule has 0 aromatic heterocycles. The molecule has 0 aliphatic heterocycles. The first-order chi connectivity index (χ1) is 1.00. The quantitative estimate of drug-likeness (QED) is 0.451. The molecule has 2 nitrogen and oxygen atoms in total. The zero-order valence-corrected chi connectivity index (χ0v) is 8.08. The molecule has 0 spiro atoms. The average molecular weight is 180 g/mol. The van der Waals surface area contributed by atoms with Gasteiger partial charge in [0.2, 0.25) is 0 Å². The molecule has 0 aliphatic rings. The van der Waals surface area contributed by atoms with Crippen molar-refractivity contribution in [2.24, 2.45) is 0 Å². The average Bonchev–Trinajstić information content (AvgIpc) is 1.00. The van der Waals surface area contributed by atoms with Crippen molar-refractivity contribution in [3.8, 4) is 0 Å². The Bertz CT molecular complexity index is 6.00. The summed E-state index contributed by atoms with van der Waals surface area (Å²) in [6, 6.07) is 0. The molecule has 0 saturated heterocycles. The van der Waals surface area contributed by atoms with E-state index in [9.17, 15) is 0 Å². The van der Waals surface area contributed by atoms with Gasteiger partial charge >= 0.3 is 64.8 Å². The van der Waals surface area contributed by atoms with E-state index in [1.807, 2.05) is 0 Å². The van der Waals surface area contributed by atoms with Crippen molar-refractivity contribution in [3.63, 3.8) is 0 Å². The molecule has 0 saturated carbocycles. The summed E-state index contributed by atoms with van der Waals surface area (Å²) in [5, 5.41) is 0. The Kier molecular flexibility index (Phi) is 94.3. The molecule has 4 heteroatoms. The Morgan fingerprint density at radius 1 is 1.25 bits per heavy atom. The third kappa shape index (κ3) is 9.28. The molecule has 4 heavy (non-hydrogen) atoms. The summed E-state index contributed by atoms with van der Waals surface area (Å²) < 4.78 is 7.88. The fourth-order valence-corrected chi connectivity index (χ4v) is 0. The number of rotatable bonds is 0. The first-order valence-corrected chi connectivity index (χ1v) is 0.532. The van der Waals surface area contributed by atoms with Crippen LogP contribution in [0.2, 0.25) is 0 Å². The molecule has 0 rings (SSSR count). The van der Waals surface area contributed by atoms with Crippen molar-refractivity contribution in [1.82, 2.24) is 0 Å². The molecule has 0 amide bonds. The van der Waals surface area contributed by atoms with Crippen molar-refractivity contribution in [2.45, 2.75) is 0 Å². The SMILES string of the molecule is [OH-].[O]=[Ni].[SrH+]. The van der Waals surface area contributed by atoms with Crippen LogP contribution in [0, 0.1) is 0 Å². The molecule has 0 aromatic carbocycles. The third-order valence-electron chi connectivity index (χ3n) is 0. The first-order valence-electron chi connectivity index (χ1n) is 0.129. The van der Waals surface area contributed by atoms with E-state index < -0.39 is 0 Å². The van der Waals surface area contributed by atoms with Gasteiger partial charge < -0.3 is 5.48 Å². The van der Waals surface area contributed by atoms with Gasteiger partial charge in [-0.15, -0.1) is 0 Å². The summed E-state index contributed by atoms with van der Waals surface area (Å²) in [5.41, 5.74) is 0. The van der Waals surface area contributed by atoms with Crippen LogP contribution in [0.5, 0.6) is 0 Å². The van der Waals surface area contributed by atoms with Crippen molar-refractivity contribution in [1.29, 1.82) is 0 Å². The van der Waals surface area contributed by atoms with Crippen molar-refractivity contribution >= 4 is 45.5 Å². The van der Waals surface area contributed by atoms with Crippen LogP contribution in [0.15, 0.2) is 0 Å². The Morgan fingerprint density at radius 3 is 1.25 bits per heavy atom. The molecule has 0 unspecified atom stereocenters. The van der Waals surface area contributed by atoms with Gasteiger partial charge in [0, 0.05) is 0 Å². The summed E-state index contributed by atoms with van der Waals surface area (Å²) >= 11 is 2.62. The van der Waals surface area contributed by atoms with Crippen LogP contribution in [-0.2, 0) is 19.3 Å². The normalized spacial score (nSPS) is 1.50. The predicted molar refractivity (Wildman–Crippen MR) is 9.77 cm³/mol. The van der Waals surface area contributed by atoms with E-state index in [-0.39, 0.29) is 51.0 Å². The fourth-order valence-electron chi connectivity index (χ4n) is 0. The molecule has 0 atom stereocenters. The van der Waals surface area contributed by atoms with Gasteiger partial charge in [0.15, 0.2) is 0 Å². The minimum absolute atomic E-state index is 0. The van der Waals surface area contributed by atoms with Crippen molar-refractivity contribution < 1.29 is 24.8 Å². The molecule has 0 heterocycles. The van der Waals surface area contributed by atoms with Crippen LogP contribution in [0.1, 0.15) is 0 Å². The molecule has 0 aromatic rings. The summed E-state index contributed by atoms with van der Waals surface area (Å²) in [6.45, 7) is 0. The molecule has 0 radical (unpaired) electrons. The minimum atomic E-state index is 0. The molecule has 0 fully saturated rings. The van der Waals surface area contributed by atoms with Gasteiger partial charge in [-0.1, -0.05) is 0 Å². The zero-order chi connectivity index (χ0) is 2.00. The summed E-state index contributed by atoms with van der Waals surface area (Å²) in [5.74, 6) is 0. The van der Waals surface area contributed by atoms with Gasteiger partial charge in [0.25, 0.3) is 0 Å². The van der Waals surface area contributed by atoms with E-state index in [1.165, 1.54) is 0 Å². The number of hydrogen-bond donors (Lipinski definition) is 0. The first kappa shape index (κ1) is 17.2. The third-order valence-corrected chi connectivity index (χ3v) is 0. The predicted octanol–water partition coefficient (Wildman–Crippen LogP) is -0.947. The van der Waals surface area contributed by atoms with Crippen LogP contribution in [0.25, 0.3) is 0 Å². The molecule has 26 valence electrons. The Morgan fingerprint density at radius 2 is 1.25 bits per heavy atom. The summed E-state index contributed by atoms with van der Waals surface area (Å²) in [4.78, 5) is 0. The molecule has 1 N–H and O–H groups in total. The molecular formula is H2NiO2Sr. The Balaban J connectivity index is -0.00000000500. The van der Waals surface area contributed by atoms with Gasteiger partial charge in [-0.3, -0.25) is 0 Å². The van der Waals surface area contributed by atoms with Gasteiger partial charge in [-0.2, -0.15) is 0 Å². The van der Waals surface area contributed by atoms with Crippen LogP contribution in [-0.4, -0.2) is 51.0 Å². The van der Waals surface area contributed by atoms with Gasteiger partial charge in [-0.25, -0.2) is 0 Å². The molecule has 0 aliphatic carbocycles. The maximum absolute atomic E-state index is 7.88. The number of hydrogen-bond acceptors (Lipinski definition) is 2. The van der Waals surface area contributed by atoms with E-state index in [4.69, 9.17) is 3.90 Å². The van der Waals surface area contributed by atoms with E-state index in [0.717, 1.165) is 0 Å².